The smallest absolute Gasteiger partial charge is 0.00489 e. The molecule has 0 radical (unpaired) electrons. The van der Waals surface area contributed by atoms with Crippen molar-refractivity contribution < 1.29 is 0 Å². The zero-order chi connectivity index (χ0) is 8.69. The molecular weight excluding hydrogens is 134 g/mol. The van der Waals surface area contributed by atoms with Gasteiger partial charge in [0.15, 0.2) is 0 Å². The number of rotatable bonds is 6. The Bertz CT molecular complexity index is 78.9. The quantitative estimate of drug-likeness (QED) is 0.584. The summed E-state index contributed by atoms with van der Waals surface area (Å²) in [6, 6.07) is 0. The minimum atomic E-state index is 0.844. The van der Waals surface area contributed by atoms with Crippen LogP contribution in [0, 0.1) is 11.8 Å². The minimum Gasteiger partial charge on any atom is -0.317 e. The van der Waals surface area contributed by atoms with Crippen LogP contribution in [-0.2, 0) is 0 Å². The summed E-state index contributed by atoms with van der Waals surface area (Å²) >= 11 is 0. The highest BCUT2D eigenvalue weighted by Crippen LogP contribution is 2.14. The third kappa shape index (κ3) is 6.36. The molecule has 11 heavy (non-hydrogen) atoms. The van der Waals surface area contributed by atoms with Crippen LogP contribution in [0.3, 0.4) is 0 Å². The molecule has 0 aromatic rings. The van der Waals surface area contributed by atoms with Crippen molar-refractivity contribution in [2.75, 3.05) is 13.1 Å². The second-order valence-corrected chi connectivity index (χ2v) is 3.72. The first-order valence-corrected chi connectivity index (χ1v) is 4.89. The van der Waals surface area contributed by atoms with E-state index in [0.717, 1.165) is 18.4 Å². The molecular formula is C10H23N. The Morgan fingerprint density at radius 3 is 2.27 bits per heavy atom. The fourth-order valence-electron chi connectivity index (χ4n) is 1.06. The van der Waals surface area contributed by atoms with Crippen molar-refractivity contribution in [3.8, 4) is 0 Å². The molecule has 0 aromatic heterocycles. The first kappa shape index (κ1) is 11.0. The maximum atomic E-state index is 3.34. The summed E-state index contributed by atoms with van der Waals surface area (Å²) in [5.74, 6) is 1.73. The molecule has 0 aliphatic carbocycles. The van der Waals surface area contributed by atoms with Gasteiger partial charge < -0.3 is 5.32 Å². The summed E-state index contributed by atoms with van der Waals surface area (Å²) in [7, 11) is 0. The van der Waals surface area contributed by atoms with E-state index in [2.05, 4.69) is 33.0 Å². The number of nitrogens with one attached hydrogen (secondary N) is 1. The van der Waals surface area contributed by atoms with Gasteiger partial charge in [-0.1, -0.05) is 27.7 Å². The van der Waals surface area contributed by atoms with Gasteiger partial charge in [0.2, 0.25) is 0 Å². The zero-order valence-electron chi connectivity index (χ0n) is 8.48. The van der Waals surface area contributed by atoms with Crippen molar-refractivity contribution in [2.45, 2.75) is 40.5 Å². The van der Waals surface area contributed by atoms with Crippen molar-refractivity contribution in [3.63, 3.8) is 0 Å². The van der Waals surface area contributed by atoms with Gasteiger partial charge >= 0.3 is 0 Å². The lowest BCUT2D eigenvalue weighted by molar-refractivity contribution is 0.379. The van der Waals surface area contributed by atoms with Crippen molar-refractivity contribution in [1.82, 2.24) is 5.32 Å². The van der Waals surface area contributed by atoms with E-state index in [0.29, 0.717) is 0 Å². The lowest BCUT2D eigenvalue weighted by Crippen LogP contribution is -2.15. The molecule has 0 rings (SSSR count). The average Bonchev–Trinajstić information content (AvgIpc) is 1.97. The van der Waals surface area contributed by atoms with E-state index in [4.69, 9.17) is 0 Å². The van der Waals surface area contributed by atoms with Crippen LogP contribution < -0.4 is 5.32 Å². The predicted molar refractivity (Wildman–Crippen MR) is 51.8 cm³/mol. The van der Waals surface area contributed by atoms with Gasteiger partial charge in [0, 0.05) is 0 Å². The first-order valence-electron chi connectivity index (χ1n) is 4.89. The Morgan fingerprint density at radius 1 is 1.18 bits per heavy atom. The van der Waals surface area contributed by atoms with Crippen molar-refractivity contribution >= 4 is 0 Å². The Morgan fingerprint density at radius 2 is 1.82 bits per heavy atom. The van der Waals surface area contributed by atoms with E-state index in [9.17, 15) is 0 Å². The van der Waals surface area contributed by atoms with E-state index in [1.54, 1.807) is 0 Å². The molecule has 0 amide bonds. The highest BCUT2D eigenvalue weighted by atomic mass is 14.8. The van der Waals surface area contributed by atoms with Crippen molar-refractivity contribution in [1.29, 1.82) is 0 Å². The topological polar surface area (TPSA) is 12.0 Å². The van der Waals surface area contributed by atoms with Crippen LogP contribution >= 0.6 is 0 Å². The third-order valence-electron chi connectivity index (χ3n) is 2.40. The molecule has 1 heteroatoms. The van der Waals surface area contributed by atoms with E-state index in [1.165, 1.54) is 19.4 Å². The lowest BCUT2D eigenvalue weighted by atomic mass is 9.93. The van der Waals surface area contributed by atoms with Crippen LogP contribution in [0.15, 0.2) is 0 Å². The van der Waals surface area contributed by atoms with Crippen molar-refractivity contribution in [3.05, 3.63) is 0 Å². The van der Waals surface area contributed by atoms with Crippen LogP contribution in [0.5, 0.6) is 0 Å². The minimum absolute atomic E-state index is 0.844. The molecule has 68 valence electrons. The zero-order valence-corrected chi connectivity index (χ0v) is 8.48. The van der Waals surface area contributed by atoms with E-state index in [-0.39, 0.29) is 0 Å². The Balaban J connectivity index is 3.10. The van der Waals surface area contributed by atoms with Gasteiger partial charge in [-0.25, -0.2) is 0 Å². The average molecular weight is 157 g/mol. The predicted octanol–water partition coefficient (Wildman–Crippen LogP) is 2.67. The van der Waals surface area contributed by atoms with E-state index >= 15 is 0 Å². The van der Waals surface area contributed by atoms with Crippen molar-refractivity contribution in [2.24, 2.45) is 11.8 Å². The van der Waals surface area contributed by atoms with Gasteiger partial charge in [0.25, 0.3) is 0 Å². The summed E-state index contributed by atoms with van der Waals surface area (Å²) in [5.41, 5.74) is 0. The maximum Gasteiger partial charge on any atom is -0.00489 e. The maximum absolute atomic E-state index is 3.34. The molecule has 0 heterocycles. The number of hydrogen-bond acceptors (Lipinski definition) is 1. The molecule has 0 spiro atoms. The molecule has 1 N–H and O–H groups in total. The monoisotopic (exact) mass is 157 g/mol. The second kappa shape index (κ2) is 6.66. The Labute approximate surface area is 71.6 Å². The molecule has 0 saturated carbocycles. The largest absolute Gasteiger partial charge is 0.317 e. The van der Waals surface area contributed by atoms with Gasteiger partial charge in [-0.15, -0.1) is 0 Å². The van der Waals surface area contributed by atoms with Crippen LogP contribution in [0.4, 0.5) is 0 Å². The SMILES string of the molecule is CCNCCCC(C)C(C)C. The number of hydrogen-bond donors (Lipinski definition) is 1. The third-order valence-corrected chi connectivity index (χ3v) is 2.40. The van der Waals surface area contributed by atoms with Gasteiger partial charge in [-0.05, 0) is 37.8 Å². The molecule has 0 fully saturated rings. The van der Waals surface area contributed by atoms with E-state index in [1.807, 2.05) is 0 Å². The molecule has 1 nitrogen and oxygen atoms in total. The standard InChI is InChI=1S/C10H23N/c1-5-11-8-6-7-10(4)9(2)3/h9-11H,5-8H2,1-4H3. The molecule has 0 aromatic carbocycles. The fraction of sp³-hybridized carbons (Fsp3) is 1.00. The molecule has 0 saturated heterocycles. The van der Waals surface area contributed by atoms with Gasteiger partial charge in [0.05, 0.1) is 0 Å². The van der Waals surface area contributed by atoms with Crippen LogP contribution in [-0.4, -0.2) is 13.1 Å². The van der Waals surface area contributed by atoms with Gasteiger partial charge in [-0.2, -0.15) is 0 Å². The Hall–Kier alpha value is -0.0400. The molecule has 0 aliphatic rings. The van der Waals surface area contributed by atoms with Gasteiger partial charge in [0.1, 0.15) is 0 Å². The summed E-state index contributed by atoms with van der Waals surface area (Å²) in [5, 5.41) is 3.34. The second-order valence-electron chi connectivity index (χ2n) is 3.72. The molecule has 1 unspecified atom stereocenters. The van der Waals surface area contributed by atoms with E-state index < -0.39 is 0 Å². The van der Waals surface area contributed by atoms with Gasteiger partial charge in [-0.3, -0.25) is 0 Å². The molecule has 1 atom stereocenters. The molecule has 0 bridgehead atoms. The Kier molecular flexibility index (Phi) is 6.63. The highest BCUT2D eigenvalue weighted by molar-refractivity contribution is 4.57. The molecule has 0 aliphatic heterocycles. The summed E-state index contributed by atoms with van der Waals surface area (Å²) in [6.45, 7) is 11.4. The fourth-order valence-corrected chi connectivity index (χ4v) is 1.06. The summed E-state index contributed by atoms with van der Waals surface area (Å²) in [4.78, 5) is 0. The van der Waals surface area contributed by atoms with Crippen LogP contribution in [0.25, 0.3) is 0 Å². The summed E-state index contributed by atoms with van der Waals surface area (Å²) in [6.07, 6.45) is 2.69. The van der Waals surface area contributed by atoms with Crippen LogP contribution in [0.2, 0.25) is 0 Å². The lowest BCUT2D eigenvalue weighted by Gasteiger charge is -2.14. The normalized spacial score (nSPS) is 13.9. The van der Waals surface area contributed by atoms with Crippen LogP contribution in [0.1, 0.15) is 40.5 Å². The summed E-state index contributed by atoms with van der Waals surface area (Å²) < 4.78 is 0. The highest BCUT2D eigenvalue weighted by Gasteiger charge is 2.05. The first-order chi connectivity index (χ1) is 5.18.